The SMILES string of the molecule is CSC1(CNS(=O)(=O)c2cc(N)cc(F)c2)CC1. The van der Waals surface area contributed by atoms with E-state index in [0.29, 0.717) is 6.54 Å². The van der Waals surface area contributed by atoms with E-state index in [1.807, 2.05) is 6.26 Å². The first-order valence-electron chi connectivity index (χ1n) is 5.48. The van der Waals surface area contributed by atoms with E-state index >= 15 is 0 Å². The number of nitrogens with two attached hydrogens (primary N) is 1. The molecule has 0 bridgehead atoms. The molecule has 0 unspecified atom stereocenters. The van der Waals surface area contributed by atoms with Crippen LogP contribution < -0.4 is 10.5 Å². The summed E-state index contributed by atoms with van der Waals surface area (Å²) in [5, 5.41) is 0. The molecule has 0 radical (unpaired) electrons. The highest BCUT2D eigenvalue weighted by Crippen LogP contribution is 2.46. The maximum Gasteiger partial charge on any atom is 0.240 e. The Labute approximate surface area is 110 Å². The van der Waals surface area contributed by atoms with Crippen LogP contribution in [-0.4, -0.2) is 26.0 Å². The second-order valence-corrected chi connectivity index (χ2v) is 7.47. The molecule has 1 saturated carbocycles. The zero-order valence-corrected chi connectivity index (χ0v) is 11.6. The van der Waals surface area contributed by atoms with Crippen LogP contribution in [0, 0.1) is 5.82 Å². The maximum atomic E-state index is 13.1. The molecule has 0 amide bonds. The predicted molar refractivity (Wildman–Crippen MR) is 71.5 cm³/mol. The van der Waals surface area contributed by atoms with Crippen LogP contribution in [-0.2, 0) is 10.0 Å². The Balaban J connectivity index is 2.15. The molecule has 0 heterocycles. The Kier molecular flexibility index (Phi) is 3.57. The van der Waals surface area contributed by atoms with E-state index in [4.69, 9.17) is 5.73 Å². The highest BCUT2D eigenvalue weighted by molar-refractivity contribution is 8.00. The number of hydrogen-bond acceptors (Lipinski definition) is 4. The topological polar surface area (TPSA) is 72.2 Å². The fourth-order valence-corrected chi connectivity index (χ4v) is 3.65. The normalized spacial score (nSPS) is 17.7. The first kappa shape index (κ1) is 13.6. The molecular weight excluding hydrogens is 275 g/mol. The molecule has 0 atom stereocenters. The number of nitrogens with one attached hydrogen (secondary N) is 1. The Morgan fingerprint density at radius 3 is 2.61 bits per heavy atom. The molecule has 18 heavy (non-hydrogen) atoms. The maximum absolute atomic E-state index is 13.1. The minimum atomic E-state index is -3.69. The van der Waals surface area contributed by atoms with Gasteiger partial charge in [-0.15, -0.1) is 0 Å². The number of rotatable bonds is 5. The van der Waals surface area contributed by atoms with Gasteiger partial charge in [0.15, 0.2) is 0 Å². The summed E-state index contributed by atoms with van der Waals surface area (Å²) in [7, 11) is -3.69. The summed E-state index contributed by atoms with van der Waals surface area (Å²) in [6.07, 6.45) is 3.96. The Morgan fingerprint density at radius 2 is 2.11 bits per heavy atom. The summed E-state index contributed by atoms with van der Waals surface area (Å²) in [5.41, 5.74) is 5.54. The van der Waals surface area contributed by atoms with Crippen molar-refractivity contribution in [2.45, 2.75) is 22.5 Å². The van der Waals surface area contributed by atoms with Crippen molar-refractivity contribution >= 4 is 27.5 Å². The summed E-state index contributed by atoms with van der Waals surface area (Å²) in [6, 6.07) is 3.31. The van der Waals surface area contributed by atoms with Crippen LogP contribution in [0.5, 0.6) is 0 Å². The van der Waals surface area contributed by atoms with Gasteiger partial charge >= 0.3 is 0 Å². The highest BCUT2D eigenvalue weighted by Gasteiger charge is 2.42. The Hall–Kier alpha value is -0.790. The lowest BCUT2D eigenvalue weighted by molar-refractivity contribution is 0.576. The molecule has 0 saturated heterocycles. The van der Waals surface area contributed by atoms with Crippen LogP contribution >= 0.6 is 11.8 Å². The van der Waals surface area contributed by atoms with Crippen LogP contribution in [0.1, 0.15) is 12.8 Å². The van der Waals surface area contributed by atoms with E-state index in [1.54, 1.807) is 11.8 Å². The van der Waals surface area contributed by atoms with Gasteiger partial charge in [-0.05, 0) is 37.3 Å². The summed E-state index contributed by atoms with van der Waals surface area (Å²) >= 11 is 1.65. The van der Waals surface area contributed by atoms with Crippen LogP contribution in [0.4, 0.5) is 10.1 Å². The number of sulfonamides is 1. The fourth-order valence-electron chi connectivity index (χ4n) is 1.64. The third-order valence-corrected chi connectivity index (χ3v) is 5.83. The zero-order valence-electron chi connectivity index (χ0n) is 9.94. The van der Waals surface area contributed by atoms with E-state index in [2.05, 4.69) is 4.72 Å². The van der Waals surface area contributed by atoms with Gasteiger partial charge in [0.25, 0.3) is 0 Å². The molecule has 4 nitrogen and oxygen atoms in total. The van der Waals surface area contributed by atoms with E-state index < -0.39 is 15.8 Å². The zero-order chi connectivity index (χ0) is 13.4. The smallest absolute Gasteiger partial charge is 0.240 e. The fraction of sp³-hybridized carbons (Fsp3) is 0.455. The van der Waals surface area contributed by atoms with Crippen LogP contribution in [0.25, 0.3) is 0 Å². The largest absolute Gasteiger partial charge is 0.399 e. The molecule has 3 N–H and O–H groups in total. The lowest BCUT2D eigenvalue weighted by Gasteiger charge is -2.13. The molecule has 1 fully saturated rings. The molecule has 0 aliphatic heterocycles. The first-order valence-corrected chi connectivity index (χ1v) is 8.19. The minimum absolute atomic E-state index is 0.0198. The minimum Gasteiger partial charge on any atom is -0.399 e. The molecular formula is C11H15FN2O2S2. The van der Waals surface area contributed by atoms with Gasteiger partial charge in [-0.3, -0.25) is 0 Å². The van der Waals surface area contributed by atoms with E-state index in [-0.39, 0.29) is 15.3 Å². The van der Waals surface area contributed by atoms with Crippen molar-refractivity contribution in [3.05, 3.63) is 24.0 Å². The second-order valence-electron chi connectivity index (χ2n) is 4.43. The number of halogens is 1. The van der Waals surface area contributed by atoms with Crippen molar-refractivity contribution in [2.24, 2.45) is 0 Å². The lowest BCUT2D eigenvalue weighted by Crippen LogP contribution is -2.31. The number of hydrogen-bond donors (Lipinski definition) is 2. The summed E-state index contributed by atoms with van der Waals surface area (Å²) in [4.78, 5) is -0.128. The monoisotopic (exact) mass is 290 g/mol. The van der Waals surface area contributed by atoms with Crippen LogP contribution in [0.2, 0.25) is 0 Å². The van der Waals surface area contributed by atoms with Crippen molar-refractivity contribution in [3.8, 4) is 0 Å². The van der Waals surface area contributed by atoms with Crippen molar-refractivity contribution in [1.82, 2.24) is 4.72 Å². The van der Waals surface area contributed by atoms with Gasteiger partial charge < -0.3 is 5.73 Å². The average Bonchev–Trinajstić information content (AvgIpc) is 3.06. The van der Waals surface area contributed by atoms with Gasteiger partial charge in [-0.2, -0.15) is 11.8 Å². The van der Waals surface area contributed by atoms with E-state index in [0.717, 1.165) is 25.0 Å². The standard InChI is InChI=1S/C11H15FN2O2S2/c1-17-11(2-3-11)7-14-18(15,16)10-5-8(12)4-9(13)6-10/h4-6,14H,2-3,7,13H2,1H3. The van der Waals surface area contributed by atoms with Gasteiger partial charge in [0.2, 0.25) is 10.0 Å². The molecule has 0 spiro atoms. The number of benzene rings is 1. The number of nitrogen functional groups attached to an aromatic ring is 1. The van der Waals surface area contributed by atoms with Crippen molar-refractivity contribution < 1.29 is 12.8 Å². The quantitative estimate of drug-likeness (QED) is 0.808. The molecule has 2 rings (SSSR count). The number of anilines is 1. The summed E-state index contributed by atoms with van der Waals surface area (Å²) in [5.74, 6) is -0.652. The molecule has 0 aromatic heterocycles. The number of thioether (sulfide) groups is 1. The predicted octanol–water partition coefficient (Wildman–Crippen LogP) is 1.58. The summed E-state index contributed by atoms with van der Waals surface area (Å²) < 4.78 is 39.6. The molecule has 100 valence electrons. The van der Waals surface area contributed by atoms with Gasteiger partial charge in [0.1, 0.15) is 5.82 Å². The average molecular weight is 290 g/mol. The van der Waals surface area contributed by atoms with E-state index in [9.17, 15) is 12.8 Å². The molecule has 1 aromatic carbocycles. The molecule has 1 aliphatic carbocycles. The lowest BCUT2D eigenvalue weighted by atomic mass is 10.3. The molecule has 7 heteroatoms. The van der Waals surface area contributed by atoms with Crippen molar-refractivity contribution in [1.29, 1.82) is 0 Å². The van der Waals surface area contributed by atoms with Crippen LogP contribution in [0.3, 0.4) is 0 Å². The van der Waals surface area contributed by atoms with E-state index in [1.165, 1.54) is 6.07 Å². The third-order valence-electron chi connectivity index (χ3n) is 3.03. The van der Waals surface area contributed by atoms with Crippen molar-refractivity contribution in [3.63, 3.8) is 0 Å². The summed E-state index contributed by atoms with van der Waals surface area (Å²) in [6.45, 7) is 0.368. The van der Waals surface area contributed by atoms with Gasteiger partial charge in [0.05, 0.1) is 4.90 Å². The third kappa shape index (κ3) is 2.96. The molecule has 1 aromatic rings. The van der Waals surface area contributed by atoms with Gasteiger partial charge in [0, 0.05) is 17.0 Å². The second kappa shape index (κ2) is 4.71. The van der Waals surface area contributed by atoms with Crippen LogP contribution in [0.15, 0.2) is 23.1 Å². The molecule has 1 aliphatic rings. The van der Waals surface area contributed by atoms with Crippen molar-refractivity contribution in [2.75, 3.05) is 18.5 Å². The highest BCUT2D eigenvalue weighted by atomic mass is 32.2. The first-order chi connectivity index (χ1) is 8.37. The Bertz CT molecular complexity index is 536. The Morgan fingerprint density at radius 1 is 1.44 bits per heavy atom. The van der Waals surface area contributed by atoms with Gasteiger partial charge in [-0.25, -0.2) is 17.5 Å². The van der Waals surface area contributed by atoms with Gasteiger partial charge in [-0.1, -0.05) is 0 Å².